The average Bonchev–Trinajstić information content (AvgIpc) is 2.82. The maximum Gasteiger partial charge on any atom is 0.416 e. The summed E-state index contributed by atoms with van der Waals surface area (Å²) in [6, 6.07) is 7.79. The summed E-state index contributed by atoms with van der Waals surface area (Å²) in [5.41, 5.74) is 0.567. The predicted molar refractivity (Wildman–Crippen MR) is 72.1 cm³/mol. The number of rotatable bonds is 4. The molecule has 0 aliphatic carbocycles. The first-order valence-corrected chi connectivity index (χ1v) is 6.45. The van der Waals surface area contributed by atoms with E-state index in [1.54, 1.807) is 10.6 Å². The fraction of sp³-hybridized carbons (Fsp3) is 0.267. The number of benzene rings is 1. The third kappa shape index (κ3) is 3.09. The molecular formula is C15H14F3NO2. The van der Waals surface area contributed by atoms with Crippen molar-refractivity contribution in [3.8, 4) is 11.3 Å². The van der Waals surface area contributed by atoms with E-state index in [-0.39, 0.29) is 5.69 Å². The SMILES string of the molecule is CCCn1c(C(=O)O)ccc1-c1ccc(C(F)(F)F)cc1. The van der Waals surface area contributed by atoms with E-state index in [1.807, 2.05) is 6.92 Å². The zero-order chi connectivity index (χ0) is 15.6. The van der Waals surface area contributed by atoms with Crippen molar-refractivity contribution in [2.75, 3.05) is 0 Å². The van der Waals surface area contributed by atoms with Crippen LogP contribution >= 0.6 is 0 Å². The lowest BCUT2D eigenvalue weighted by molar-refractivity contribution is -0.137. The average molecular weight is 297 g/mol. The fourth-order valence-electron chi connectivity index (χ4n) is 2.20. The third-order valence-electron chi connectivity index (χ3n) is 3.15. The number of nitrogens with zero attached hydrogens (tertiary/aromatic N) is 1. The highest BCUT2D eigenvalue weighted by molar-refractivity contribution is 5.87. The molecule has 1 N–H and O–H groups in total. The summed E-state index contributed by atoms with van der Waals surface area (Å²) in [5, 5.41) is 9.13. The summed E-state index contributed by atoms with van der Waals surface area (Å²) in [6.45, 7) is 2.40. The Morgan fingerprint density at radius 1 is 1.14 bits per heavy atom. The van der Waals surface area contributed by atoms with Crippen LogP contribution in [0.2, 0.25) is 0 Å². The van der Waals surface area contributed by atoms with Gasteiger partial charge in [0.2, 0.25) is 0 Å². The van der Waals surface area contributed by atoms with Gasteiger partial charge in [-0.15, -0.1) is 0 Å². The number of carboxylic acids is 1. The normalized spacial score (nSPS) is 11.6. The Hall–Kier alpha value is -2.24. The number of carbonyl (C=O) groups is 1. The minimum absolute atomic E-state index is 0.131. The minimum atomic E-state index is -4.38. The molecule has 0 amide bonds. The van der Waals surface area contributed by atoms with Crippen LogP contribution in [0.3, 0.4) is 0 Å². The number of carboxylic acid groups (broad SMARTS) is 1. The smallest absolute Gasteiger partial charge is 0.416 e. The molecule has 0 unspecified atom stereocenters. The van der Waals surface area contributed by atoms with Gasteiger partial charge in [0.15, 0.2) is 0 Å². The van der Waals surface area contributed by atoms with Gasteiger partial charge < -0.3 is 9.67 Å². The fourth-order valence-corrected chi connectivity index (χ4v) is 2.20. The molecule has 2 rings (SSSR count). The van der Waals surface area contributed by atoms with Gasteiger partial charge in [0.05, 0.1) is 5.56 Å². The van der Waals surface area contributed by atoms with Gasteiger partial charge in [-0.2, -0.15) is 13.2 Å². The lowest BCUT2D eigenvalue weighted by Gasteiger charge is -2.12. The second-order valence-corrected chi connectivity index (χ2v) is 4.64. The van der Waals surface area contributed by atoms with Crippen molar-refractivity contribution in [2.24, 2.45) is 0 Å². The molecule has 21 heavy (non-hydrogen) atoms. The summed E-state index contributed by atoms with van der Waals surface area (Å²) >= 11 is 0. The Morgan fingerprint density at radius 3 is 2.24 bits per heavy atom. The lowest BCUT2D eigenvalue weighted by atomic mass is 10.1. The van der Waals surface area contributed by atoms with Crippen molar-refractivity contribution in [1.29, 1.82) is 0 Å². The molecule has 6 heteroatoms. The number of aromatic carboxylic acids is 1. The number of alkyl halides is 3. The Balaban J connectivity index is 2.44. The van der Waals surface area contributed by atoms with Crippen molar-refractivity contribution < 1.29 is 23.1 Å². The van der Waals surface area contributed by atoms with Crippen molar-refractivity contribution in [3.63, 3.8) is 0 Å². The molecule has 0 radical (unpaired) electrons. The maximum atomic E-state index is 12.5. The number of aromatic nitrogens is 1. The van der Waals surface area contributed by atoms with Crippen LogP contribution in [0.4, 0.5) is 13.2 Å². The molecule has 0 spiro atoms. The quantitative estimate of drug-likeness (QED) is 0.915. The van der Waals surface area contributed by atoms with E-state index in [0.29, 0.717) is 17.8 Å². The Kier molecular flexibility index (Phi) is 4.06. The molecule has 2 aromatic rings. The number of hydrogen-bond donors (Lipinski definition) is 1. The van der Waals surface area contributed by atoms with Crippen LogP contribution in [-0.2, 0) is 12.7 Å². The van der Waals surface area contributed by atoms with Gasteiger partial charge in [-0.05, 0) is 36.2 Å². The summed E-state index contributed by atoms with van der Waals surface area (Å²) < 4.78 is 39.2. The van der Waals surface area contributed by atoms with E-state index >= 15 is 0 Å². The third-order valence-corrected chi connectivity index (χ3v) is 3.15. The standard InChI is InChI=1S/C15H14F3NO2/c1-2-9-19-12(7-8-13(19)14(20)21)10-3-5-11(6-4-10)15(16,17)18/h3-8H,2,9H2,1H3,(H,20,21). The molecule has 1 heterocycles. The molecular weight excluding hydrogens is 283 g/mol. The predicted octanol–water partition coefficient (Wildman–Crippen LogP) is 4.28. The zero-order valence-corrected chi connectivity index (χ0v) is 11.3. The van der Waals surface area contributed by atoms with Crippen molar-refractivity contribution in [3.05, 3.63) is 47.7 Å². The van der Waals surface area contributed by atoms with E-state index in [9.17, 15) is 18.0 Å². The van der Waals surface area contributed by atoms with Crippen LogP contribution in [0, 0.1) is 0 Å². The second kappa shape index (κ2) is 5.63. The minimum Gasteiger partial charge on any atom is -0.477 e. The highest BCUT2D eigenvalue weighted by atomic mass is 19.4. The van der Waals surface area contributed by atoms with Gasteiger partial charge in [0.25, 0.3) is 0 Å². The highest BCUT2D eigenvalue weighted by Gasteiger charge is 2.30. The van der Waals surface area contributed by atoms with Gasteiger partial charge in [0.1, 0.15) is 5.69 Å². The summed E-state index contributed by atoms with van der Waals surface area (Å²) in [6.07, 6.45) is -3.65. The molecule has 0 aliphatic heterocycles. The van der Waals surface area contributed by atoms with Crippen LogP contribution in [0.5, 0.6) is 0 Å². The highest BCUT2D eigenvalue weighted by Crippen LogP contribution is 2.31. The summed E-state index contributed by atoms with van der Waals surface area (Å²) in [5.74, 6) is -1.05. The first kappa shape index (κ1) is 15.2. The first-order valence-electron chi connectivity index (χ1n) is 6.45. The van der Waals surface area contributed by atoms with E-state index in [1.165, 1.54) is 18.2 Å². The summed E-state index contributed by atoms with van der Waals surface area (Å²) in [4.78, 5) is 11.2. The van der Waals surface area contributed by atoms with Crippen LogP contribution in [-0.4, -0.2) is 15.6 Å². The van der Waals surface area contributed by atoms with Gasteiger partial charge in [-0.3, -0.25) is 0 Å². The monoisotopic (exact) mass is 297 g/mol. The zero-order valence-electron chi connectivity index (χ0n) is 11.3. The van der Waals surface area contributed by atoms with Gasteiger partial charge in [0, 0.05) is 12.2 Å². The van der Waals surface area contributed by atoms with E-state index in [2.05, 4.69) is 0 Å². The van der Waals surface area contributed by atoms with Crippen LogP contribution < -0.4 is 0 Å². The molecule has 0 bridgehead atoms. The van der Waals surface area contributed by atoms with Crippen molar-refractivity contribution in [2.45, 2.75) is 26.1 Å². The molecule has 0 aliphatic rings. The van der Waals surface area contributed by atoms with Gasteiger partial charge in [-0.25, -0.2) is 4.79 Å². The van der Waals surface area contributed by atoms with Gasteiger partial charge in [-0.1, -0.05) is 19.1 Å². The molecule has 0 atom stereocenters. The Morgan fingerprint density at radius 2 is 1.76 bits per heavy atom. The number of hydrogen-bond acceptors (Lipinski definition) is 1. The van der Waals surface area contributed by atoms with E-state index in [0.717, 1.165) is 18.6 Å². The first-order chi connectivity index (χ1) is 9.84. The van der Waals surface area contributed by atoms with Crippen molar-refractivity contribution in [1.82, 2.24) is 4.57 Å². The number of halogens is 3. The molecule has 112 valence electrons. The van der Waals surface area contributed by atoms with Crippen LogP contribution in [0.25, 0.3) is 11.3 Å². The molecule has 0 saturated carbocycles. The molecule has 1 aromatic carbocycles. The lowest BCUT2D eigenvalue weighted by Crippen LogP contribution is -2.09. The largest absolute Gasteiger partial charge is 0.477 e. The Bertz CT molecular complexity index is 642. The van der Waals surface area contributed by atoms with Gasteiger partial charge >= 0.3 is 12.1 Å². The maximum absolute atomic E-state index is 12.5. The van der Waals surface area contributed by atoms with Crippen LogP contribution in [0.1, 0.15) is 29.4 Å². The Labute approximate surface area is 119 Å². The molecule has 0 saturated heterocycles. The molecule has 1 aromatic heterocycles. The molecule has 3 nitrogen and oxygen atoms in total. The van der Waals surface area contributed by atoms with E-state index in [4.69, 9.17) is 5.11 Å². The van der Waals surface area contributed by atoms with Crippen molar-refractivity contribution >= 4 is 5.97 Å². The van der Waals surface area contributed by atoms with Crippen LogP contribution in [0.15, 0.2) is 36.4 Å². The summed E-state index contributed by atoms with van der Waals surface area (Å²) in [7, 11) is 0. The topological polar surface area (TPSA) is 42.2 Å². The second-order valence-electron chi connectivity index (χ2n) is 4.64. The van der Waals surface area contributed by atoms with E-state index < -0.39 is 17.7 Å². The molecule has 0 fully saturated rings.